The van der Waals surface area contributed by atoms with E-state index < -0.39 is 36.1 Å². The first kappa shape index (κ1) is 17.5. The molecule has 0 saturated carbocycles. The zero-order valence-corrected chi connectivity index (χ0v) is 12.5. The summed E-state index contributed by atoms with van der Waals surface area (Å²) in [5, 5.41) is 18.8. The molecule has 7 nitrogen and oxygen atoms in total. The van der Waals surface area contributed by atoms with Gasteiger partial charge in [0.1, 0.15) is 0 Å². The Morgan fingerprint density at radius 3 is 1.72 bits per heavy atom. The van der Waals surface area contributed by atoms with Crippen LogP contribution in [0.5, 0.6) is 0 Å². The summed E-state index contributed by atoms with van der Waals surface area (Å²) in [5.41, 5.74) is 0. The fraction of sp³-hybridized carbons (Fsp3) is 1.00. The third-order valence-corrected chi connectivity index (χ3v) is 5.24. The number of hydrogen-bond acceptors (Lipinski definition) is 6. The van der Waals surface area contributed by atoms with Gasteiger partial charge in [-0.05, 0) is 34.6 Å². The highest BCUT2D eigenvalue weighted by Crippen LogP contribution is 2.61. The molecule has 0 saturated heterocycles. The van der Waals surface area contributed by atoms with E-state index in [1.165, 1.54) is 6.92 Å². The second kappa shape index (κ2) is 6.10. The van der Waals surface area contributed by atoms with Crippen LogP contribution in [-0.2, 0) is 13.6 Å². The highest BCUT2D eigenvalue weighted by Gasteiger charge is 2.56. The molecule has 0 aromatic heterocycles. The maximum Gasteiger partial charge on any atom is 0.369 e. The summed E-state index contributed by atoms with van der Waals surface area (Å²) in [6.07, 6.45) is -0.972. The molecule has 0 spiro atoms. The predicted molar refractivity (Wildman–Crippen MR) is 67.1 cm³/mol. The van der Waals surface area contributed by atoms with Crippen molar-refractivity contribution in [3.63, 3.8) is 0 Å². The van der Waals surface area contributed by atoms with E-state index in [9.17, 15) is 19.8 Å². The molecule has 0 aliphatic heterocycles. The van der Waals surface area contributed by atoms with Gasteiger partial charge >= 0.3 is 7.60 Å². The van der Waals surface area contributed by atoms with Gasteiger partial charge in [0.05, 0.1) is 12.2 Å². The van der Waals surface area contributed by atoms with Crippen LogP contribution >= 0.6 is 7.60 Å². The molecule has 18 heavy (non-hydrogen) atoms. The Kier molecular flexibility index (Phi) is 5.94. The van der Waals surface area contributed by atoms with E-state index in [1.807, 2.05) is 0 Å². The number of nitrogens with zero attached hydrogens (tertiary/aromatic N) is 1. The smallest absolute Gasteiger partial charge is 0.369 e. The topological polar surface area (TPSA) is 98.9 Å². The molecule has 1 N–H and O–H groups in total. The molecule has 0 aliphatic carbocycles. The average molecular weight is 283 g/mol. The van der Waals surface area contributed by atoms with Gasteiger partial charge in [0.25, 0.3) is 0 Å². The van der Waals surface area contributed by atoms with Crippen molar-refractivity contribution < 1.29 is 23.6 Å². The Hall–Kier alpha value is -0.490. The summed E-state index contributed by atoms with van der Waals surface area (Å²) in [4.78, 5) is 10.1. The normalized spacial score (nSPS) is 17.8. The van der Waals surface area contributed by atoms with Crippen LogP contribution in [0, 0.1) is 10.1 Å². The van der Waals surface area contributed by atoms with Gasteiger partial charge in [-0.1, -0.05) is 0 Å². The first-order chi connectivity index (χ1) is 7.94. The Morgan fingerprint density at radius 2 is 1.50 bits per heavy atom. The van der Waals surface area contributed by atoms with Gasteiger partial charge in [0, 0.05) is 11.8 Å². The van der Waals surface area contributed by atoms with Crippen LogP contribution in [0.15, 0.2) is 0 Å². The fourth-order valence-corrected chi connectivity index (χ4v) is 3.36. The molecule has 0 heterocycles. The summed E-state index contributed by atoms with van der Waals surface area (Å²) in [5.74, 6) is 0. The molecule has 8 heteroatoms. The molecule has 0 amide bonds. The Morgan fingerprint density at radius 1 is 1.17 bits per heavy atom. The van der Waals surface area contributed by atoms with Crippen molar-refractivity contribution in [2.24, 2.45) is 0 Å². The summed E-state index contributed by atoms with van der Waals surface area (Å²) in [7, 11) is -4.03. The summed E-state index contributed by atoms with van der Waals surface area (Å²) in [6.45, 7) is 8.73. The number of nitro groups is 1. The molecule has 0 aromatic carbocycles. The van der Waals surface area contributed by atoms with E-state index in [0.717, 1.165) is 6.92 Å². The van der Waals surface area contributed by atoms with Crippen LogP contribution in [0.4, 0.5) is 0 Å². The second-order valence-electron chi connectivity index (χ2n) is 4.86. The maximum absolute atomic E-state index is 12.6. The quantitative estimate of drug-likeness (QED) is 0.437. The van der Waals surface area contributed by atoms with Crippen LogP contribution in [0.2, 0.25) is 0 Å². The van der Waals surface area contributed by atoms with Crippen LogP contribution in [-0.4, -0.2) is 33.6 Å². The zero-order chi connectivity index (χ0) is 14.7. The van der Waals surface area contributed by atoms with Gasteiger partial charge in [-0.2, -0.15) is 0 Å². The van der Waals surface area contributed by atoms with Gasteiger partial charge in [-0.15, -0.1) is 0 Å². The van der Waals surface area contributed by atoms with Crippen molar-refractivity contribution in [2.45, 2.75) is 65.1 Å². The molecule has 2 atom stereocenters. The first-order valence-electron chi connectivity index (χ1n) is 5.77. The number of aliphatic hydroxyl groups is 1. The van der Waals surface area contributed by atoms with E-state index in [0.29, 0.717) is 0 Å². The summed E-state index contributed by atoms with van der Waals surface area (Å²) < 4.78 is 22.9. The average Bonchev–Trinajstić information content (AvgIpc) is 2.13. The van der Waals surface area contributed by atoms with E-state index >= 15 is 0 Å². The Labute approximate surface area is 107 Å². The molecule has 0 radical (unpaired) electrons. The highest BCUT2D eigenvalue weighted by molar-refractivity contribution is 7.55. The molecule has 0 rings (SSSR count). The minimum atomic E-state index is -4.03. The third-order valence-electron chi connectivity index (χ3n) is 2.36. The van der Waals surface area contributed by atoms with Gasteiger partial charge in [-0.3, -0.25) is 14.7 Å². The minimum Gasteiger partial charge on any atom is -0.372 e. The van der Waals surface area contributed by atoms with Gasteiger partial charge in [0.2, 0.25) is 11.4 Å². The fourth-order valence-electron chi connectivity index (χ4n) is 1.22. The lowest BCUT2D eigenvalue weighted by molar-refractivity contribution is -0.533. The van der Waals surface area contributed by atoms with Gasteiger partial charge in [0.15, 0.2) is 0 Å². The van der Waals surface area contributed by atoms with Crippen LogP contribution in [0.1, 0.15) is 41.5 Å². The molecule has 0 aliphatic rings. The lowest BCUT2D eigenvalue weighted by Gasteiger charge is -2.34. The molecule has 0 aromatic rings. The largest absolute Gasteiger partial charge is 0.372 e. The van der Waals surface area contributed by atoms with Gasteiger partial charge < -0.3 is 14.2 Å². The molecular formula is C10H22NO6P. The Bertz CT molecular complexity index is 327. The summed E-state index contributed by atoms with van der Waals surface area (Å²) in [6, 6.07) is -1.47. The lowest BCUT2D eigenvalue weighted by Crippen LogP contribution is -2.44. The predicted octanol–water partition coefficient (Wildman–Crippen LogP) is 2.40. The van der Waals surface area contributed by atoms with E-state index in [1.54, 1.807) is 27.7 Å². The van der Waals surface area contributed by atoms with Gasteiger partial charge in [-0.25, -0.2) is 0 Å². The molecule has 0 fully saturated rings. The van der Waals surface area contributed by atoms with Crippen LogP contribution < -0.4 is 0 Å². The molecule has 0 bridgehead atoms. The van der Waals surface area contributed by atoms with Crippen molar-refractivity contribution in [1.29, 1.82) is 0 Å². The van der Waals surface area contributed by atoms with E-state index in [4.69, 9.17) is 9.05 Å². The van der Waals surface area contributed by atoms with E-state index in [2.05, 4.69) is 0 Å². The third kappa shape index (κ3) is 4.02. The van der Waals surface area contributed by atoms with Crippen molar-refractivity contribution in [2.75, 3.05) is 0 Å². The lowest BCUT2D eigenvalue weighted by atomic mass is 10.2. The maximum atomic E-state index is 12.6. The Balaban J connectivity index is 5.42. The molecule has 108 valence electrons. The van der Waals surface area contributed by atoms with E-state index in [-0.39, 0.29) is 0 Å². The summed E-state index contributed by atoms with van der Waals surface area (Å²) >= 11 is 0. The van der Waals surface area contributed by atoms with Crippen molar-refractivity contribution in [3.8, 4) is 0 Å². The van der Waals surface area contributed by atoms with Crippen molar-refractivity contribution >= 4 is 7.60 Å². The number of rotatable bonds is 7. The molecular weight excluding hydrogens is 261 g/mol. The monoisotopic (exact) mass is 283 g/mol. The van der Waals surface area contributed by atoms with Crippen LogP contribution in [0.3, 0.4) is 0 Å². The standard InChI is InChI=1S/C10H22NO6P/c1-7(2)16-18(15,17-8(3)4)10(6,12)9(5)11(13)14/h7-9,12H,1-6H3. The SMILES string of the molecule is CC(C)OP(=O)(OC(C)C)C(C)(O)C(C)[N+](=O)[O-]. The first-order valence-corrected chi connectivity index (χ1v) is 7.31. The zero-order valence-electron chi connectivity index (χ0n) is 11.6. The van der Waals surface area contributed by atoms with Crippen molar-refractivity contribution in [3.05, 3.63) is 10.1 Å². The minimum absolute atomic E-state index is 0.486. The number of hydrogen-bond donors (Lipinski definition) is 1. The van der Waals surface area contributed by atoms with Crippen LogP contribution in [0.25, 0.3) is 0 Å². The second-order valence-corrected chi connectivity index (χ2v) is 7.18. The van der Waals surface area contributed by atoms with Crippen molar-refractivity contribution in [1.82, 2.24) is 0 Å². The molecule has 2 unspecified atom stereocenters. The highest BCUT2D eigenvalue weighted by atomic mass is 31.2.